The largest absolute Gasteiger partial charge is 0.475 e. The lowest BCUT2D eigenvalue weighted by Crippen LogP contribution is -2.04. The van der Waals surface area contributed by atoms with E-state index in [9.17, 15) is 0 Å². The van der Waals surface area contributed by atoms with Gasteiger partial charge in [0, 0.05) is 36.1 Å². The van der Waals surface area contributed by atoms with Gasteiger partial charge in [0.05, 0.1) is 24.2 Å². The number of anilines is 2. The summed E-state index contributed by atoms with van der Waals surface area (Å²) in [7, 11) is 1.81. The van der Waals surface area contributed by atoms with E-state index in [2.05, 4.69) is 20.3 Å². The molecule has 7 nitrogen and oxygen atoms in total. The number of nitrogen functional groups attached to an aromatic ring is 1. The van der Waals surface area contributed by atoms with E-state index in [4.69, 9.17) is 15.6 Å². The van der Waals surface area contributed by atoms with E-state index >= 15 is 0 Å². The standard InChI is InChI=1S/C19H21N5O2/c1-12-16(10-15(20)11-23-12)14-7-17(24-19(9-14)26-6-5-25)13-3-4-22-18(8-13)21-2/h3-4,7-11,25H,5-6,20H2,1-2H3,(H,21,22). The molecule has 3 aromatic rings. The molecule has 0 amide bonds. The number of hydrogen-bond donors (Lipinski definition) is 3. The van der Waals surface area contributed by atoms with Crippen LogP contribution in [0.3, 0.4) is 0 Å². The van der Waals surface area contributed by atoms with Gasteiger partial charge in [-0.15, -0.1) is 0 Å². The second-order valence-electron chi connectivity index (χ2n) is 5.73. The van der Waals surface area contributed by atoms with E-state index in [1.807, 2.05) is 44.3 Å². The van der Waals surface area contributed by atoms with Gasteiger partial charge in [0.2, 0.25) is 5.88 Å². The van der Waals surface area contributed by atoms with Crippen LogP contribution in [0.4, 0.5) is 11.5 Å². The number of aliphatic hydroxyl groups excluding tert-OH is 1. The van der Waals surface area contributed by atoms with Crippen molar-refractivity contribution in [3.05, 3.63) is 48.4 Å². The van der Waals surface area contributed by atoms with Gasteiger partial charge < -0.3 is 20.9 Å². The van der Waals surface area contributed by atoms with Crippen molar-refractivity contribution in [2.75, 3.05) is 31.3 Å². The van der Waals surface area contributed by atoms with Crippen molar-refractivity contribution in [3.63, 3.8) is 0 Å². The monoisotopic (exact) mass is 351 g/mol. The van der Waals surface area contributed by atoms with Crippen molar-refractivity contribution in [2.45, 2.75) is 6.92 Å². The summed E-state index contributed by atoms with van der Waals surface area (Å²) >= 11 is 0. The zero-order valence-electron chi connectivity index (χ0n) is 14.7. The highest BCUT2D eigenvalue weighted by Crippen LogP contribution is 2.31. The molecular formula is C19H21N5O2. The maximum absolute atomic E-state index is 9.05. The average molecular weight is 351 g/mol. The van der Waals surface area contributed by atoms with E-state index < -0.39 is 0 Å². The molecule has 134 valence electrons. The number of rotatable bonds is 6. The number of hydrogen-bond acceptors (Lipinski definition) is 7. The first-order valence-corrected chi connectivity index (χ1v) is 8.23. The Hall–Kier alpha value is -3.19. The van der Waals surface area contributed by atoms with E-state index in [1.165, 1.54) is 0 Å². The first-order valence-electron chi connectivity index (χ1n) is 8.23. The van der Waals surface area contributed by atoms with E-state index in [-0.39, 0.29) is 13.2 Å². The van der Waals surface area contributed by atoms with Crippen LogP contribution in [0.5, 0.6) is 5.88 Å². The third kappa shape index (κ3) is 3.89. The van der Waals surface area contributed by atoms with Crippen LogP contribution in [0.2, 0.25) is 0 Å². The average Bonchev–Trinajstić information content (AvgIpc) is 2.68. The lowest BCUT2D eigenvalue weighted by Gasteiger charge is -2.12. The topological polar surface area (TPSA) is 106 Å². The quantitative estimate of drug-likeness (QED) is 0.626. The second kappa shape index (κ2) is 7.79. The van der Waals surface area contributed by atoms with Gasteiger partial charge in [0.1, 0.15) is 12.4 Å². The fraction of sp³-hybridized carbons (Fsp3) is 0.211. The molecule has 26 heavy (non-hydrogen) atoms. The van der Waals surface area contributed by atoms with Crippen LogP contribution in [-0.2, 0) is 0 Å². The van der Waals surface area contributed by atoms with Crippen LogP contribution in [-0.4, -0.2) is 40.3 Å². The molecule has 7 heteroatoms. The van der Waals surface area contributed by atoms with Gasteiger partial charge in [-0.2, -0.15) is 0 Å². The fourth-order valence-corrected chi connectivity index (χ4v) is 2.60. The molecule has 3 heterocycles. The Labute approximate surface area is 151 Å². The summed E-state index contributed by atoms with van der Waals surface area (Å²) in [6, 6.07) is 9.45. The highest BCUT2D eigenvalue weighted by Gasteiger charge is 2.11. The molecule has 3 rings (SSSR count). The predicted molar refractivity (Wildman–Crippen MR) is 102 cm³/mol. The van der Waals surface area contributed by atoms with Gasteiger partial charge in [0.15, 0.2) is 0 Å². The molecule has 0 saturated carbocycles. The molecule has 0 unspecified atom stereocenters. The third-order valence-electron chi connectivity index (χ3n) is 3.87. The lowest BCUT2D eigenvalue weighted by molar-refractivity contribution is 0.197. The van der Waals surface area contributed by atoms with E-state index in [1.54, 1.807) is 12.4 Å². The number of nitrogens with two attached hydrogens (primary N) is 1. The van der Waals surface area contributed by atoms with Crippen molar-refractivity contribution in [3.8, 4) is 28.3 Å². The van der Waals surface area contributed by atoms with Gasteiger partial charge >= 0.3 is 0 Å². The molecule has 0 aliphatic rings. The van der Waals surface area contributed by atoms with Crippen LogP contribution in [0, 0.1) is 6.92 Å². The maximum Gasteiger partial charge on any atom is 0.214 e. The Morgan fingerprint density at radius 3 is 2.77 bits per heavy atom. The molecule has 0 aliphatic carbocycles. The maximum atomic E-state index is 9.05. The van der Waals surface area contributed by atoms with Crippen LogP contribution in [0.1, 0.15) is 5.69 Å². The molecule has 3 aromatic heterocycles. The SMILES string of the molecule is CNc1cc(-c2cc(-c3cc(N)cnc3C)cc(OCCO)n2)ccn1. The molecule has 0 spiro atoms. The van der Waals surface area contributed by atoms with Crippen LogP contribution < -0.4 is 15.8 Å². The number of nitrogens with zero attached hydrogens (tertiary/aromatic N) is 3. The molecule has 0 aliphatic heterocycles. The Morgan fingerprint density at radius 1 is 1.15 bits per heavy atom. The van der Waals surface area contributed by atoms with Crippen LogP contribution in [0.15, 0.2) is 42.7 Å². The highest BCUT2D eigenvalue weighted by molar-refractivity contribution is 5.75. The minimum absolute atomic E-state index is 0.0841. The Morgan fingerprint density at radius 2 is 2.00 bits per heavy atom. The van der Waals surface area contributed by atoms with Crippen molar-refractivity contribution in [2.24, 2.45) is 0 Å². The number of aryl methyl sites for hydroxylation is 1. The third-order valence-corrected chi connectivity index (χ3v) is 3.87. The zero-order valence-corrected chi connectivity index (χ0v) is 14.7. The smallest absolute Gasteiger partial charge is 0.214 e. The van der Waals surface area contributed by atoms with Gasteiger partial charge in [-0.3, -0.25) is 4.98 Å². The first-order chi connectivity index (χ1) is 12.6. The fourth-order valence-electron chi connectivity index (χ4n) is 2.60. The Kier molecular flexibility index (Phi) is 5.28. The minimum atomic E-state index is -0.0841. The molecule has 0 aromatic carbocycles. The normalized spacial score (nSPS) is 10.6. The van der Waals surface area contributed by atoms with Crippen molar-refractivity contribution in [1.29, 1.82) is 0 Å². The molecule has 0 bridgehead atoms. The highest BCUT2D eigenvalue weighted by atomic mass is 16.5. The van der Waals surface area contributed by atoms with Crippen LogP contribution >= 0.6 is 0 Å². The van der Waals surface area contributed by atoms with Gasteiger partial charge in [-0.05, 0) is 36.8 Å². The second-order valence-corrected chi connectivity index (χ2v) is 5.73. The summed E-state index contributed by atoms with van der Waals surface area (Å²) in [4.78, 5) is 13.1. The van der Waals surface area contributed by atoms with Crippen LogP contribution in [0.25, 0.3) is 22.4 Å². The molecular weight excluding hydrogens is 330 g/mol. The minimum Gasteiger partial charge on any atom is -0.475 e. The number of aliphatic hydroxyl groups is 1. The summed E-state index contributed by atoms with van der Waals surface area (Å²) in [5.74, 6) is 1.17. The number of nitrogens with one attached hydrogen (secondary N) is 1. The molecule has 0 atom stereocenters. The van der Waals surface area contributed by atoms with Crippen molar-refractivity contribution >= 4 is 11.5 Å². The van der Waals surface area contributed by atoms with Gasteiger partial charge in [-0.25, -0.2) is 9.97 Å². The summed E-state index contributed by atoms with van der Waals surface area (Å²) in [6.45, 7) is 2.01. The Bertz CT molecular complexity index is 914. The number of aromatic nitrogens is 3. The summed E-state index contributed by atoms with van der Waals surface area (Å²) < 4.78 is 5.56. The predicted octanol–water partition coefficient (Wildman–Crippen LogP) is 2.51. The van der Waals surface area contributed by atoms with Crippen molar-refractivity contribution in [1.82, 2.24) is 15.0 Å². The zero-order chi connectivity index (χ0) is 18.5. The summed E-state index contributed by atoms with van der Waals surface area (Å²) in [5.41, 5.74) is 10.8. The number of pyridine rings is 3. The van der Waals surface area contributed by atoms with Gasteiger partial charge in [0.25, 0.3) is 0 Å². The van der Waals surface area contributed by atoms with Gasteiger partial charge in [-0.1, -0.05) is 0 Å². The molecule has 4 N–H and O–H groups in total. The summed E-state index contributed by atoms with van der Waals surface area (Å²) in [6.07, 6.45) is 3.35. The van der Waals surface area contributed by atoms with Crippen molar-refractivity contribution < 1.29 is 9.84 Å². The molecule has 0 saturated heterocycles. The Balaban J connectivity index is 2.13. The lowest BCUT2D eigenvalue weighted by atomic mass is 10.0. The molecule has 0 radical (unpaired) electrons. The molecule has 0 fully saturated rings. The first kappa shape index (κ1) is 17.6. The summed E-state index contributed by atoms with van der Waals surface area (Å²) in [5, 5.41) is 12.1. The van der Waals surface area contributed by atoms with E-state index in [0.717, 1.165) is 33.9 Å². The van der Waals surface area contributed by atoms with E-state index in [0.29, 0.717) is 11.6 Å². The number of ether oxygens (including phenoxy) is 1.